The van der Waals surface area contributed by atoms with Crippen molar-refractivity contribution in [3.8, 4) is 6.07 Å². The van der Waals surface area contributed by atoms with Crippen LogP contribution in [0.5, 0.6) is 0 Å². The van der Waals surface area contributed by atoms with Gasteiger partial charge in [-0.25, -0.2) is 0 Å². The van der Waals surface area contributed by atoms with Crippen LogP contribution in [0.1, 0.15) is 34.1 Å². The van der Waals surface area contributed by atoms with Gasteiger partial charge in [0.1, 0.15) is 6.04 Å². The van der Waals surface area contributed by atoms with Gasteiger partial charge < -0.3 is 14.8 Å². The van der Waals surface area contributed by atoms with Gasteiger partial charge in [-0.3, -0.25) is 0 Å². The van der Waals surface area contributed by atoms with E-state index in [2.05, 4.69) is 18.3 Å². The molecular weight excluding hydrogens is 204 g/mol. The molecule has 0 heterocycles. The molecule has 1 unspecified atom stereocenters. The van der Waals surface area contributed by atoms with Gasteiger partial charge in [0.2, 0.25) is 0 Å². The molecule has 0 saturated heterocycles. The predicted octanol–water partition coefficient (Wildman–Crippen LogP) is 1.71. The van der Waals surface area contributed by atoms with Crippen molar-refractivity contribution in [2.75, 3.05) is 26.4 Å². The molecule has 0 aliphatic rings. The molecule has 0 rings (SSSR count). The Labute approximate surface area is 98.9 Å². The number of hydrogen-bond donors (Lipinski definition) is 1. The number of nitrogens with zero attached hydrogens (tertiary/aromatic N) is 1. The summed E-state index contributed by atoms with van der Waals surface area (Å²) in [5, 5.41) is 11.9. The fourth-order valence-electron chi connectivity index (χ4n) is 1.07. The summed E-state index contributed by atoms with van der Waals surface area (Å²) < 4.78 is 10.9. The van der Waals surface area contributed by atoms with Crippen LogP contribution in [0.2, 0.25) is 0 Å². The zero-order valence-electron chi connectivity index (χ0n) is 10.9. The van der Waals surface area contributed by atoms with E-state index < -0.39 is 0 Å². The standard InChI is InChI=1S/C12H24N2O2/c1-5-6-14-11(9-13)10-15-7-8-16-12(2,3)4/h11,14H,5-8,10H2,1-4H3. The van der Waals surface area contributed by atoms with E-state index in [9.17, 15) is 0 Å². The maximum absolute atomic E-state index is 8.81. The maximum atomic E-state index is 8.81. The minimum Gasteiger partial charge on any atom is -0.376 e. The van der Waals surface area contributed by atoms with Crippen molar-refractivity contribution in [3.63, 3.8) is 0 Å². The van der Waals surface area contributed by atoms with Crippen LogP contribution in [0.4, 0.5) is 0 Å². The number of ether oxygens (including phenoxy) is 2. The fourth-order valence-corrected chi connectivity index (χ4v) is 1.07. The van der Waals surface area contributed by atoms with E-state index in [1.807, 2.05) is 20.8 Å². The monoisotopic (exact) mass is 228 g/mol. The van der Waals surface area contributed by atoms with Gasteiger partial charge >= 0.3 is 0 Å². The highest BCUT2D eigenvalue weighted by Crippen LogP contribution is 2.05. The van der Waals surface area contributed by atoms with Crippen molar-refractivity contribution >= 4 is 0 Å². The minimum atomic E-state index is -0.213. The zero-order valence-corrected chi connectivity index (χ0v) is 10.9. The van der Waals surface area contributed by atoms with Crippen molar-refractivity contribution in [1.82, 2.24) is 5.32 Å². The summed E-state index contributed by atoms with van der Waals surface area (Å²) in [4.78, 5) is 0. The summed E-state index contributed by atoms with van der Waals surface area (Å²) in [5.41, 5.74) is -0.127. The molecule has 0 aromatic carbocycles. The van der Waals surface area contributed by atoms with Crippen molar-refractivity contribution in [1.29, 1.82) is 5.26 Å². The number of rotatable bonds is 8. The minimum absolute atomic E-state index is 0.127. The van der Waals surface area contributed by atoms with E-state index >= 15 is 0 Å². The van der Waals surface area contributed by atoms with E-state index in [0.717, 1.165) is 13.0 Å². The number of nitriles is 1. The van der Waals surface area contributed by atoms with Gasteiger partial charge in [0.05, 0.1) is 31.5 Å². The Morgan fingerprint density at radius 2 is 2.00 bits per heavy atom. The van der Waals surface area contributed by atoms with E-state index in [-0.39, 0.29) is 11.6 Å². The van der Waals surface area contributed by atoms with E-state index in [4.69, 9.17) is 14.7 Å². The van der Waals surface area contributed by atoms with Crippen LogP contribution in [0.15, 0.2) is 0 Å². The molecule has 0 aromatic rings. The van der Waals surface area contributed by atoms with Gasteiger partial charge in [-0.1, -0.05) is 6.92 Å². The van der Waals surface area contributed by atoms with Gasteiger partial charge in [0.15, 0.2) is 0 Å². The molecule has 0 bridgehead atoms. The Bertz CT molecular complexity index is 206. The van der Waals surface area contributed by atoms with Gasteiger partial charge in [0, 0.05) is 0 Å². The maximum Gasteiger partial charge on any atom is 0.119 e. The first-order valence-electron chi connectivity index (χ1n) is 5.84. The molecule has 4 heteroatoms. The van der Waals surface area contributed by atoms with E-state index in [1.165, 1.54) is 0 Å². The van der Waals surface area contributed by atoms with Crippen molar-refractivity contribution in [2.24, 2.45) is 0 Å². The molecule has 0 amide bonds. The van der Waals surface area contributed by atoms with Crippen LogP contribution in [-0.2, 0) is 9.47 Å². The van der Waals surface area contributed by atoms with E-state index in [0.29, 0.717) is 19.8 Å². The molecule has 1 atom stereocenters. The number of hydrogen-bond acceptors (Lipinski definition) is 4. The molecule has 0 aromatic heterocycles. The first-order valence-corrected chi connectivity index (χ1v) is 5.84. The van der Waals surface area contributed by atoms with Crippen molar-refractivity contribution in [2.45, 2.75) is 45.8 Å². The molecule has 16 heavy (non-hydrogen) atoms. The second-order valence-corrected chi connectivity index (χ2v) is 4.67. The summed E-state index contributed by atoms with van der Waals surface area (Å²) in [6.07, 6.45) is 1.02. The molecule has 0 radical (unpaired) electrons. The van der Waals surface area contributed by atoms with Gasteiger partial charge in [-0.15, -0.1) is 0 Å². The Hall–Kier alpha value is -0.630. The van der Waals surface area contributed by atoms with Crippen LogP contribution in [0.25, 0.3) is 0 Å². The van der Waals surface area contributed by atoms with Crippen LogP contribution in [0.3, 0.4) is 0 Å². The molecule has 0 fully saturated rings. The highest BCUT2D eigenvalue weighted by Gasteiger charge is 2.10. The second-order valence-electron chi connectivity index (χ2n) is 4.67. The Morgan fingerprint density at radius 1 is 1.31 bits per heavy atom. The molecule has 0 saturated carbocycles. The SMILES string of the molecule is CCCNC(C#N)COCCOC(C)(C)C. The molecule has 1 N–H and O–H groups in total. The average molecular weight is 228 g/mol. The van der Waals surface area contributed by atoms with Crippen molar-refractivity contribution < 1.29 is 9.47 Å². The molecular formula is C12H24N2O2. The van der Waals surface area contributed by atoms with Gasteiger partial charge in [0.25, 0.3) is 0 Å². The van der Waals surface area contributed by atoms with Crippen LogP contribution < -0.4 is 5.32 Å². The summed E-state index contributed by atoms with van der Waals surface area (Å²) in [6.45, 7) is 10.5. The summed E-state index contributed by atoms with van der Waals surface area (Å²) in [5.74, 6) is 0. The lowest BCUT2D eigenvalue weighted by atomic mass is 10.2. The lowest BCUT2D eigenvalue weighted by molar-refractivity contribution is -0.0358. The molecule has 0 aliphatic carbocycles. The normalized spacial score (nSPS) is 13.4. The molecule has 94 valence electrons. The molecule has 0 spiro atoms. The van der Waals surface area contributed by atoms with Crippen LogP contribution in [0, 0.1) is 11.3 Å². The Kier molecular flexibility index (Phi) is 8.18. The Morgan fingerprint density at radius 3 is 2.50 bits per heavy atom. The fraction of sp³-hybridized carbons (Fsp3) is 0.917. The smallest absolute Gasteiger partial charge is 0.119 e. The lowest BCUT2D eigenvalue weighted by Gasteiger charge is -2.19. The Balaban J connectivity index is 3.46. The topological polar surface area (TPSA) is 54.3 Å². The van der Waals surface area contributed by atoms with E-state index in [1.54, 1.807) is 0 Å². The summed E-state index contributed by atoms with van der Waals surface area (Å²) in [7, 11) is 0. The third kappa shape index (κ3) is 9.91. The molecule has 4 nitrogen and oxygen atoms in total. The third-order valence-electron chi connectivity index (χ3n) is 1.84. The highest BCUT2D eigenvalue weighted by molar-refractivity contribution is 4.89. The highest BCUT2D eigenvalue weighted by atomic mass is 16.5. The first kappa shape index (κ1) is 15.4. The lowest BCUT2D eigenvalue weighted by Crippen LogP contribution is -2.33. The largest absolute Gasteiger partial charge is 0.376 e. The molecule has 0 aliphatic heterocycles. The van der Waals surface area contributed by atoms with Crippen LogP contribution in [-0.4, -0.2) is 38.0 Å². The van der Waals surface area contributed by atoms with Gasteiger partial charge in [-0.2, -0.15) is 5.26 Å². The van der Waals surface area contributed by atoms with Crippen LogP contribution >= 0.6 is 0 Å². The van der Waals surface area contributed by atoms with Gasteiger partial charge in [-0.05, 0) is 33.7 Å². The average Bonchev–Trinajstić information content (AvgIpc) is 2.20. The summed E-state index contributed by atoms with van der Waals surface area (Å²) in [6, 6.07) is 1.95. The van der Waals surface area contributed by atoms with Crippen molar-refractivity contribution in [3.05, 3.63) is 0 Å². The third-order valence-corrected chi connectivity index (χ3v) is 1.84. The zero-order chi connectivity index (χ0) is 12.4. The first-order chi connectivity index (χ1) is 7.49. The predicted molar refractivity (Wildman–Crippen MR) is 64.2 cm³/mol. The second kappa shape index (κ2) is 8.51. The number of nitrogens with one attached hydrogen (secondary N) is 1. The quantitative estimate of drug-likeness (QED) is 0.643. The summed E-state index contributed by atoms with van der Waals surface area (Å²) >= 11 is 0.